The number of carbonyl (C=O) groups is 1. The SMILES string of the molecule is CON=C(C)C(=O)c1ccc(OCc2cccc(C(F)(F)F)c2)cc1. The molecule has 0 aliphatic heterocycles. The number of ketones is 1. The summed E-state index contributed by atoms with van der Waals surface area (Å²) in [5, 5.41) is 3.57. The molecule has 2 aromatic carbocycles. The first kappa shape index (κ1) is 18.5. The molecule has 4 nitrogen and oxygen atoms in total. The number of hydrogen-bond donors (Lipinski definition) is 0. The van der Waals surface area contributed by atoms with E-state index >= 15 is 0 Å². The zero-order chi connectivity index (χ0) is 18.4. The van der Waals surface area contributed by atoms with Gasteiger partial charge in [0.15, 0.2) is 0 Å². The van der Waals surface area contributed by atoms with Crippen LogP contribution in [-0.4, -0.2) is 18.6 Å². The summed E-state index contributed by atoms with van der Waals surface area (Å²) in [6.07, 6.45) is -4.39. The molecule has 0 aliphatic carbocycles. The number of halogens is 3. The molecule has 0 spiro atoms. The molecule has 0 aliphatic rings. The minimum absolute atomic E-state index is 0.0125. The van der Waals surface area contributed by atoms with E-state index in [1.165, 1.54) is 20.1 Å². The van der Waals surface area contributed by atoms with Gasteiger partial charge in [0.25, 0.3) is 0 Å². The molecule has 0 heterocycles. The van der Waals surface area contributed by atoms with E-state index in [9.17, 15) is 18.0 Å². The van der Waals surface area contributed by atoms with Crippen molar-refractivity contribution in [1.29, 1.82) is 0 Å². The van der Waals surface area contributed by atoms with Crippen molar-refractivity contribution in [2.24, 2.45) is 5.16 Å². The van der Waals surface area contributed by atoms with Gasteiger partial charge in [-0.25, -0.2) is 0 Å². The van der Waals surface area contributed by atoms with Crippen molar-refractivity contribution < 1.29 is 27.5 Å². The molecular formula is C18H16F3NO3. The molecule has 0 bridgehead atoms. The molecule has 0 saturated carbocycles. The highest BCUT2D eigenvalue weighted by Gasteiger charge is 2.30. The Morgan fingerprint density at radius 2 is 1.80 bits per heavy atom. The lowest BCUT2D eigenvalue weighted by atomic mass is 10.1. The van der Waals surface area contributed by atoms with Crippen molar-refractivity contribution >= 4 is 11.5 Å². The zero-order valence-electron chi connectivity index (χ0n) is 13.6. The fraction of sp³-hybridized carbons (Fsp3) is 0.222. The van der Waals surface area contributed by atoms with Crippen LogP contribution in [0.5, 0.6) is 5.75 Å². The minimum Gasteiger partial charge on any atom is -0.489 e. The first-order valence-electron chi connectivity index (χ1n) is 7.32. The summed E-state index contributed by atoms with van der Waals surface area (Å²) in [6.45, 7) is 1.52. The lowest BCUT2D eigenvalue weighted by Gasteiger charge is -2.10. The number of rotatable bonds is 6. The van der Waals surface area contributed by atoms with Crippen LogP contribution in [0, 0.1) is 0 Å². The fourth-order valence-corrected chi connectivity index (χ4v) is 2.09. The largest absolute Gasteiger partial charge is 0.489 e. The Kier molecular flexibility index (Phi) is 5.80. The van der Waals surface area contributed by atoms with Crippen LogP contribution < -0.4 is 4.74 Å². The van der Waals surface area contributed by atoms with E-state index < -0.39 is 11.7 Å². The summed E-state index contributed by atoms with van der Waals surface area (Å²) >= 11 is 0. The Labute approximate surface area is 142 Å². The number of Topliss-reactive ketones (excluding diaryl/α,β-unsaturated/α-hetero) is 1. The van der Waals surface area contributed by atoms with Gasteiger partial charge >= 0.3 is 6.18 Å². The number of alkyl halides is 3. The monoisotopic (exact) mass is 351 g/mol. The maximum Gasteiger partial charge on any atom is 0.416 e. The quantitative estimate of drug-likeness (QED) is 0.438. The van der Waals surface area contributed by atoms with Gasteiger partial charge in [-0.2, -0.15) is 13.2 Å². The minimum atomic E-state index is -4.39. The molecule has 0 atom stereocenters. The third-order valence-corrected chi connectivity index (χ3v) is 3.33. The Morgan fingerprint density at radius 3 is 2.40 bits per heavy atom. The molecule has 0 saturated heterocycles. The van der Waals surface area contributed by atoms with Crippen LogP contribution in [0.1, 0.15) is 28.4 Å². The maximum absolute atomic E-state index is 12.7. The Balaban J connectivity index is 2.03. The Hall–Kier alpha value is -2.83. The highest BCUT2D eigenvalue weighted by atomic mass is 19.4. The van der Waals surface area contributed by atoms with Crippen LogP contribution in [0.25, 0.3) is 0 Å². The fourth-order valence-electron chi connectivity index (χ4n) is 2.09. The lowest BCUT2D eigenvalue weighted by Crippen LogP contribution is -2.10. The van der Waals surface area contributed by atoms with Crippen LogP contribution in [0.15, 0.2) is 53.7 Å². The molecule has 2 aromatic rings. The second-order valence-electron chi connectivity index (χ2n) is 5.20. The van der Waals surface area contributed by atoms with E-state index in [1.807, 2.05) is 0 Å². The molecule has 0 N–H and O–H groups in total. The summed E-state index contributed by atoms with van der Waals surface area (Å²) in [6, 6.07) is 11.2. The van der Waals surface area contributed by atoms with E-state index in [2.05, 4.69) is 9.99 Å². The molecule has 7 heteroatoms. The van der Waals surface area contributed by atoms with Gasteiger partial charge in [0.05, 0.1) is 5.56 Å². The summed E-state index contributed by atoms with van der Waals surface area (Å²) in [7, 11) is 1.35. The zero-order valence-corrected chi connectivity index (χ0v) is 13.6. The first-order valence-corrected chi connectivity index (χ1v) is 7.32. The predicted molar refractivity (Wildman–Crippen MR) is 86.7 cm³/mol. The second-order valence-corrected chi connectivity index (χ2v) is 5.20. The van der Waals surface area contributed by atoms with E-state index in [0.29, 0.717) is 16.9 Å². The number of oxime groups is 1. The molecule has 2 rings (SSSR count). The van der Waals surface area contributed by atoms with Gasteiger partial charge in [0, 0.05) is 5.56 Å². The van der Waals surface area contributed by atoms with E-state index in [-0.39, 0.29) is 18.1 Å². The molecular weight excluding hydrogens is 335 g/mol. The highest BCUT2D eigenvalue weighted by molar-refractivity contribution is 6.45. The Morgan fingerprint density at radius 1 is 1.12 bits per heavy atom. The van der Waals surface area contributed by atoms with Crippen LogP contribution in [-0.2, 0) is 17.6 Å². The van der Waals surface area contributed by atoms with E-state index in [1.54, 1.807) is 30.3 Å². The van der Waals surface area contributed by atoms with Crippen molar-refractivity contribution in [2.45, 2.75) is 19.7 Å². The first-order chi connectivity index (χ1) is 11.8. The second kappa shape index (κ2) is 7.83. The Bertz CT molecular complexity index is 768. The van der Waals surface area contributed by atoms with Crippen molar-refractivity contribution in [2.75, 3.05) is 7.11 Å². The van der Waals surface area contributed by atoms with Crippen molar-refractivity contribution in [3.8, 4) is 5.75 Å². The molecule has 0 radical (unpaired) electrons. The highest BCUT2D eigenvalue weighted by Crippen LogP contribution is 2.29. The number of carbonyl (C=O) groups excluding carboxylic acids is 1. The van der Waals surface area contributed by atoms with Crippen LogP contribution in [0.4, 0.5) is 13.2 Å². The van der Waals surface area contributed by atoms with E-state index in [4.69, 9.17) is 4.74 Å². The third-order valence-electron chi connectivity index (χ3n) is 3.33. The number of hydrogen-bond acceptors (Lipinski definition) is 4. The summed E-state index contributed by atoms with van der Waals surface area (Å²) < 4.78 is 43.5. The number of benzene rings is 2. The van der Waals surface area contributed by atoms with Crippen molar-refractivity contribution in [3.05, 3.63) is 65.2 Å². The third kappa shape index (κ3) is 5.07. The standard InChI is InChI=1S/C18H16F3NO3/c1-12(22-24-2)17(23)14-6-8-16(9-7-14)25-11-13-4-3-5-15(10-13)18(19,20)21/h3-10H,11H2,1-2H3. The number of nitrogens with zero attached hydrogens (tertiary/aromatic N) is 1. The smallest absolute Gasteiger partial charge is 0.416 e. The average molecular weight is 351 g/mol. The van der Waals surface area contributed by atoms with E-state index in [0.717, 1.165) is 12.1 Å². The predicted octanol–water partition coefficient (Wildman–Crippen LogP) is 4.49. The van der Waals surface area contributed by atoms with Crippen molar-refractivity contribution in [1.82, 2.24) is 0 Å². The molecule has 0 fully saturated rings. The molecule has 25 heavy (non-hydrogen) atoms. The van der Waals surface area contributed by atoms with Gasteiger partial charge in [0.1, 0.15) is 25.2 Å². The van der Waals surface area contributed by atoms with Crippen molar-refractivity contribution in [3.63, 3.8) is 0 Å². The topological polar surface area (TPSA) is 47.9 Å². The molecule has 0 unspecified atom stereocenters. The molecule has 0 aromatic heterocycles. The van der Waals surface area contributed by atoms with Gasteiger partial charge in [-0.1, -0.05) is 17.3 Å². The van der Waals surface area contributed by atoms with Crippen LogP contribution in [0.3, 0.4) is 0 Å². The summed E-state index contributed by atoms with van der Waals surface area (Å²) in [5.74, 6) is 0.154. The molecule has 0 amide bonds. The normalized spacial score (nSPS) is 12.0. The van der Waals surface area contributed by atoms with Gasteiger partial charge in [-0.05, 0) is 48.9 Å². The summed E-state index contributed by atoms with van der Waals surface area (Å²) in [5.41, 5.74) is 0.297. The van der Waals surface area contributed by atoms with Gasteiger partial charge < -0.3 is 9.57 Å². The van der Waals surface area contributed by atoms with Gasteiger partial charge in [0.2, 0.25) is 5.78 Å². The van der Waals surface area contributed by atoms with Gasteiger partial charge in [-0.15, -0.1) is 0 Å². The summed E-state index contributed by atoms with van der Waals surface area (Å²) in [4.78, 5) is 16.6. The maximum atomic E-state index is 12.7. The van der Waals surface area contributed by atoms with Crippen LogP contribution in [0.2, 0.25) is 0 Å². The number of ether oxygens (including phenoxy) is 1. The molecule has 132 valence electrons. The van der Waals surface area contributed by atoms with Gasteiger partial charge in [-0.3, -0.25) is 4.79 Å². The average Bonchev–Trinajstić information content (AvgIpc) is 2.59. The van der Waals surface area contributed by atoms with Crippen LogP contribution >= 0.6 is 0 Å². The lowest BCUT2D eigenvalue weighted by molar-refractivity contribution is -0.137.